The van der Waals surface area contributed by atoms with E-state index in [1.165, 1.54) is 0 Å². The molecule has 4 nitrogen and oxygen atoms in total. The van der Waals surface area contributed by atoms with Gasteiger partial charge >= 0.3 is 0 Å². The fraction of sp³-hybridized carbons (Fsp3) is 0.300. The van der Waals surface area contributed by atoms with E-state index in [-0.39, 0.29) is 0 Å². The SMILES string of the molecule is CC(C)c1ccc(C(=O)N=[N+]=[N-])cc1. The van der Waals surface area contributed by atoms with Crippen LogP contribution in [0.5, 0.6) is 0 Å². The van der Waals surface area contributed by atoms with Crippen molar-refractivity contribution in [2.24, 2.45) is 5.11 Å². The van der Waals surface area contributed by atoms with Crippen molar-refractivity contribution in [3.8, 4) is 0 Å². The van der Waals surface area contributed by atoms with Gasteiger partial charge in [0, 0.05) is 10.5 Å². The van der Waals surface area contributed by atoms with Crippen LogP contribution in [-0.4, -0.2) is 5.91 Å². The number of hydrogen-bond donors (Lipinski definition) is 0. The van der Waals surface area contributed by atoms with Crippen molar-refractivity contribution in [3.05, 3.63) is 45.8 Å². The summed E-state index contributed by atoms with van der Waals surface area (Å²) in [4.78, 5) is 13.6. The van der Waals surface area contributed by atoms with Crippen molar-refractivity contribution < 1.29 is 4.79 Å². The van der Waals surface area contributed by atoms with Gasteiger partial charge in [-0.1, -0.05) is 38.1 Å². The summed E-state index contributed by atoms with van der Waals surface area (Å²) in [6.45, 7) is 4.15. The molecular formula is C10H11N3O. The molecule has 1 amide bonds. The molecule has 0 saturated carbocycles. The maximum absolute atomic E-state index is 11.1. The Balaban J connectivity index is 2.93. The Labute approximate surface area is 82.2 Å². The van der Waals surface area contributed by atoms with Gasteiger partial charge in [-0.2, -0.15) is 0 Å². The van der Waals surface area contributed by atoms with Crippen LogP contribution in [0.4, 0.5) is 0 Å². The third-order valence-electron chi connectivity index (χ3n) is 1.96. The monoisotopic (exact) mass is 189 g/mol. The highest BCUT2D eigenvalue weighted by atomic mass is 16.1. The van der Waals surface area contributed by atoms with Gasteiger partial charge in [0.1, 0.15) is 0 Å². The molecule has 0 aromatic heterocycles. The van der Waals surface area contributed by atoms with E-state index in [0.29, 0.717) is 11.5 Å². The zero-order chi connectivity index (χ0) is 10.6. The third kappa shape index (κ3) is 2.34. The lowest BCUT2D eigenvalue weighted by molar-refractivity contribution is 0.100. The van der Waals surface area contributed by atoms with Gasteiger partial charge in [-0.25, -0.2) is 0 Å². The van der Waals surface area contributed by atoms with E-state index in [2.05, 4.69) is 23.9 Å². The molecule has 0 N–H and O–H groups in total. The van der Waals surface area contributed by atoms with Crippen molar-refractivity contribution in [2.45, 2.75) is 19.8 Å². The van der Waals surface area contributed by atoms with Crippen molar-refractivity contribution in [1.29, 1.82) is 0 Å². The number of nitrogens with zero attached hydrogens (tertiary/aromatic N) is 3. The standard InChI is InChI=1S/C10H11N3O/c1-7(2)8-3-5-9(6-4-8)10(14)12-13-11/h3-7H,1-2H3. The van der Waals surface area contributed by atoms with Crippen molar-refractivity contribution >= 4 is 5.91 Å². The second-order valence-corrected chi connectivity index (χ2v) is 3.27. The van der Waals surface area contributed by atoms with E-state index in [4.69, 9.17) is 5.53 Å². The van der Waals surface area contributed by atoms with Gasteiger partial charge in [-0.05, 0) is 22.1 Å². The van der Waals surface area contributed by atoms with Gasteiger partial charge in [0.25, 0.3) is 0 Å². The van der Waals surface area contributed by atoms with Gasteiger partial charge in [0.2, 0.25) is 5.91 Å². The van der Waals surface area contributed by atoms with Crippen molar-refractivity contribution in [2.75, 3.05) is 0 Å². The molecule has 0 aliphatic heterocycles. The second kappa shape index (κ2) is 4.44. The van der Waals surface area contributed by atoms with Crippen LogP contribution in [0.25, 0.3) is 10.4 Å². The van der Waals surface area contributed by atoms with Gasteiger partial charge < -0.3 is 0 Å². The molecule has 1 aromatic rings. The van der Waals surface area contributed by atoms with Crippen LogP contribution in [-0.2, 0) is 0 Å². The Morgan fingerprint density at radius 1 is 1.36 bits per heavy atom. The molecule has 0 aliphatic rings. The minimum Gasteiger partial charge on any atom is -0.287 e. The summed E-state index contributed by atoms with van der Waals surface area (Å²) >= 11 is 0. The molecule has 0 fully saturated rings. The van der Waals surface area contributed by atoms with E-state index < -0.39 is 5.91 Å². The molecule has 0 radical (unpaired) electrons. The summed E-state index contributed by atoms with van der Waals surface area (Å²) in [5.41, 5.74) is 9.66. The molecule has 0 spiro atoms. The molecule has 0 atom stereocenters. The molecule has 0 bridgehead atoms. The highest BCUT2D eigenvalue weighted by Crippen LogP contribution is 2.14. The van der Waals surface area contributed by atoms with Crippen LogP contribution in [0.2, 0.25) is 0 Å². The summed E-state index contributed by atoms with van der Waals surface area (Å²) in [5, 5.41) is 3.01. The number of azide groups is 1. The molecule has 0 saturated heterocycles. The first-order valence-electron chi connectivity index (χ1n) is 4.34. The van der Waals surface area contributed by atoms with Crippen LogP contribution in [0.3, 0.4) is 0 Å². The largest absolute Gasteiger partial charge is 0.287 e. The predicted molar refractivity (Wildman–Crippen MR) is 54.0 cm³/mol. The van der Waals surface area contributed by atoms with Crippen LogP contribution in [0.15, 0.2) is 29.4 Å². The van der Waals surface area contributed by atoms with Crippen molar-refractivity contribution in [3.63, 3.8) is 0 Å². The van der Waals surface area contributed by atoms with Crippen LogP contribution in [0.1, 0.15) is 35.7 Å². The molecule has 1 rings (SSSR count). The van der Waals surface area contributed by atoms with E-state index in [9.17, 15) is 4.79 Å². The smallest absolute Gasteiger partial charge is 0.249 e. The highest BCUT2D eigenvalue weighted by Gasteiger charge is 2.03. The number of rotatable bonds is 2. The fourth-order valence-corrected chi connectivity index (χ4v) is 1.11. The average molecular weight is 189 g/mol. The van der Waals surface area contributed by atoms with Gasteiger partial charge in [-0.15, -0.1) is 0 Å². The maximum atomic E-state index is 11.1. The lowest BCUT2D eigenvalue weighted by Crippen LogP contribution is -1.94. The molecule has 72 valence electrons. The Bertz CT molecular complexity index is 375. The molecule has 0 aliphatic carbocycles. The molecule has 1 aromatic carbocycles. The summed E-state index contributed by atoms with van der Waals surface area (Å²) in [5.74, 6) is -0.110. The topological polar surface area (TPSA) is 65.8 Å². The summed E-state index contributed by atoms with van der Waals surface area (Å²) < 4.78 is 0. The number of carbonyl (C=O) groups is 1. The Morgan fingerprint density at radius 2 is 1.93 bits per heavy atom. The molecule has 0 heterocycles. The van der Waals surface area contributed by atoms with Gasteiger partial charge in [0.05, 0.1) is 0 Å². The first-order valence-corrected chi connectivity index (χ1v) is 4.34. The number of amides is 1. The number of hydrogen-bond acceptors (Lipinski definition) is 1. The Hall–Kier alpha value is -1.80. The number of carbonyl (C=O) groups excluding carboxylic acids is 1. The van der Waals surface area contributed by atoms with Crippen LogP contribution < -0.4 is 0 Å². The summed E-state index contributed by atoms with van der Waals surface area (Å²) in [7, 11) is 0. The molecule has 14 heavy (non-hydrogen) atoms. The highest BCUT2D eigenvalue weighted by molar-refractivity contribution is 5.94. The van der Waals surface area contributed by atoms with E-state index in [1.54, 1.807) is 12.1 Å². The Kier molecular flexibility index (Phi) is 3.26. The molecule has 4 heteroatoms. The summed E-state index contributed by atoms with van der Waals surface area (Å²) in [6, 6.07) is 7.08. The normalized spacial score (nSPS) is 9.64. The quantitative estimate of drug-likeness (QED) is 0.400. The average Bonchev–Trinajstić information content (AvgIpc) is 2.18. The lowest BCUT2D eigenvalue weighted by Gasteiger charge is -2.04. The fourth-order valence-electron chi connectivity index (χ4n) is 1.11. The molecule has 0 unspecified atom stereocenters. The minimum atomic E-state index is -0.539. The van der Waals surface area contributed by atoms with Crippen molar-refractivity contribution in [1.82, 2.24) is 0 Å². The van der Waals surface area contributed by atoms with Crippen LogP contribution >= 0.6 is 0 Å². The number of benzene rings is 1. The summed E-state index contributed by atoms with van der Waals surface area (Å²) in [6.07, 6.45) is 0. The minimum absolute atomic E-state index is 0.423. The second-order valence-electron chi connectivity index (χ2n) is 3.27. The predicted octanol–water partition coefficient (Wildman–Crippen LogP) is 3.26. The first-order chi connectivity index (χ1) is 6.65. The van der Waals surface area contributed by atoms with Gasteiger partial charge in [0.15, 0.2) is 0 Å². The van der Waals surface area contributed by atoms with E-state index >= 15 is 0 Å². The molecular weight excluding hydrogens is 178 g/mol. The Morgan fingerprint density at radius 3 is 2.36 bits per heavy atom. The van der Waals surface area contributed by atoms with E-state index in [0.717, 1.165) is 5.56 Å². The first kappa shape index (κ1) is 10.3. The maximum Gasteiger partial charge on any atom is 0.249 e. The third-order valence-corrected chi connectivity index (χ3v) is 1.96. The van der Waals surface area contributed by atoms with Crippen LogP contribution in [0, 0.1) is 0 Å². The zero-order valence-corrected chi connectivity index (χ0v) is 8.14. The van der Waals surface area contributed by atoms with Gasteiger partial charge in [-0.3, -0.25) is 4.79 Å². The van der Waals surface area contributed by atoms with E-state index in [1.807, 2.05) is 12.1 Å². The zero-order valence-electron chi connectivity index (χ0n) is 8.14. The lowest BCUT2D eigenvalue weighted by atomic mass is 10.0.